The monoisotopic (exact) mass is 470 g/mol. The Balaban J connectivity index is 2.58. The number of unbranched alkanes of at least 4 members (excludes halogenated alkanes) is 8. The maximum Gasteiger partial charge on any atom is 0.285 e. The Morgan fingerprint density at radius 2 is 1.21 bits per heavy atom. The predicted octanol–water partition coefficient (Wildman–Crippen LogP) is 8.59. The third-order valence-corrected chi connectivity index (χ3v) is 6.21. The number of benzene rings is 1. The highest BCUT2D eigenvalue weighted by Gasteiger charge is 2.41. The summed E-state index contributed by atoms with van der Waals surface area (Å²) in [6.45, 7) is 9.87. The largest absolute Gasteiger partial charge is 0.328 e. The Bertz CT molecular complexity index is 592. The van der Waals surface area contributed by atoms with Gasteiger partial charge in [-0.3, -0.25) is 0 Å². The van der Waals surface area contributed by atoms with Gasteiger partial charge in [-0.05, 0) is 58.1 Å². The van der Waals surface area contributed by atoms with Gasteiger partial charge in [0, 0.05) is 31.8 Å². The van der Waals surface area contributed by atoms with Crippen molar-refractivity contribution in [2.75, 3.05) is 19.8 Å². The van der Waals surface area contributed by atoms with Crippen molar-refractivity contribution in [2.24, 2.45) is 5.92 Å². The molecule has 0 fully saturated rings. The molecule has 0 aromatic heterocycles. The van der Waals surface area contributed by atoms with E-state index in [4.69, 9.17) is 14.2 Å². The minimum absolute atomic E-state index is 0.193. The lowest BCUT2D eigenvalue weighted by molar-refractivity contribution is -0.403. The Morgan fingerprint density at radius 3 is 1.73 bits per heavy atom. The van der Waals surface area contributed by atoms with Crippen molar-refractivity contribution in [1.82, 2.24) is 0 Å². The van der Waals surface area contributed by atoms with Gasteiger partial charge in [0.25, 0.3) is 5.97 Å². The van der Waals surface area contributed by atoms with Crippen LogP contribution in [-0.4, -0.2) is 25.8 Å². The SMILES string of the molecule is CCCCCCCCC(CCCCCCc1ccc(F)cc1F)C(OCC)(OCC)OCC. The van der Waals surface area contributed by atoms with Crippen LogP contribution in [0, 0.1) is 17.6 Å². The van der Waals surface area contributed by atoms with Gasteiger partial charge in [0.2, 0.25) is 0 Å². The lowest BCUT2D eigenvalue weighted by atomic mass is 9.91. The Morgan fingerprint density at radius 1 is 0.697 bits per heavy atom. The number of hydrogen-bond acceptors (Lipinski definition) is 3. The molecule has 0 saturated heterocycles. The van der Waals surface area contributed by atoms with Crippen molar-refractivity contribution in [2.45, 2.75) is 117 Å². The molecule has 0 heterocycles. The standard InChI is InChI=1S/C28H48F2O3/c1-5-9-10-11-12-16-19-25(28(31-6-2,32-7-3)33-8-4)20-17-14-13-15-18-24-21-22-26(29)23-27(24)30/h21-23,25H,5-20H2,1-4H3. The molecule has 0 aliphatic carbocycles. The fourth-order valence-electron chi connectivity index (χ4n) is 4.54. The second-order valence-electron chi connectivity index (χ2n) is 8.84. The summed E-state index contributed by atoms with van der Waals surface area (Å²) >= 11 is 0. The van der Waals surface area contributed by atoms with Gasteiger partial charge in [-0.1, -0.05) is 70.8 Å². The first-order valence-corrected chi connectivity index (χ1v) is 13.4. The molecule has 1 unspecified atom stereocenters. The van der Waals surface area contributed by atoms with Gasteiger partial charge in [-0.15, -0.1) is 0 Å². The van der Waals surface area contributed by atoms with E-state index in [1.54, 1.807) is 6.07 Å². The second-order valence-corrected chi connectivity index (χ2v) is 8.84. The lowest BCUT2D eigenvalue weighted by Crippen LogP contribution is -2.46. The summed E-state index contributed by atoms with van der Waals surface area (Å²) in [6, 6.07) is 3.86. The molecule has 1 atom stereocenters. The van der Waals surface area contributed by atoms with Crippen LogP contribution in [0.4, 0.5) is 8.78 Å². The quantitative estimate of drug-likeness (QED) is 0.133. The van der Waals surface area contributed by atoms with Gasteiger partial charge in [-0.2, -0.15) is 0 Å². The van der Waals surface area contributed by atoms with Crippen LogP contribution in [0.15, 0.2) is 18.2 Å². The number of aryl methyl sites for hydroxylation is 1. The van der Waals surface area contributed by atoms with Crippen LogP contribution >= 0.6 is 0 Å². The molecule has 0 aliphatic rings. The Labute approximate surface area is 201 Å². The van der Waals surface area contributed by atoms with Crippen molar-refractivity contribution >= 4 is 0 Å². The zero-order valence-electron chi connectivity index (χ0n) is 21.6. The first-order chi connectivity index (χ1) is 16.0. The summed E-state index contributed by atoms with van der Waals surface area (Å²) in [6.07, 6.45) is 14.3. The molecule has 0 aliphatic heterocycles. The van der Waals surface area contributed by atoms with Crippen molar-refractivity contribution in [3.05, 3.63) is 35.4 Å². The molecule has 0 spiro atoms. The third-order valence-electron chi connectivity index (χ3n) is 6.21. The molecule has 1 rings (SSSR count). The molecule has 0 radical (unpaired) electrons. The van der Waals surface area contributed by atoms with Crippen LogP contribution in [0.2, 0.25) is 0 Å². The first-order valence-electron chi connectivity index (χ1n) is 13.4. The summed E-state index contributed by atoms with van der Waals surface area (Å²) in [4.78, 5) is 0. The third kappa shape index (κ3) is 11.8. The second kappa shape index (κ2) is 18.3. The van der Waals surface area contributed by atoms with E-state index in [2.05, 4.69) is 6.92 Å². The van der Waals surface area contributed by atoms with Gasteiger partial charge in [0.05, 0.1) is 0 Å². The first kappa shape index (κ1) is 30.0. The highest BCUT2D eigenvalue weighted by atomic mass is 19.1. The van der Waals surface area contributed by atoms with E-state index in [1.165, 1.54) is 38.2 Å². The van der Waals surface area contributed by atoms with Crippen LogP contribution in [0.1, 0.15) is 110 Å². The lowest BCUT2D eigenvalue weighted by Gasteiger charge is -2.39. The van der Waals surface area contributed by atoms with Gasteiger partial charge in [0.15, 0.2) is 0 Å². The molecular weight excluding hydrogens is 422 g/mol. The molecule has 3 nitrogen and oxygen atoms in total. The molecule has 0 N–H and O–H groups in total. The van der Waals surface area contributed by atoms with Crippen LogP contribution in [0.3, 0.4) is 0 Å². The maximum absolute atomic E-state index is 13.8. The summed E-state index contributed by atoms with van der Waals surface area (Å²) in [5.41, 5.74) is 0.598. The molecule has 5 heteroatoms. The van der Waals surface area contributed by atoms with E-state index < -0.39 is 17.6 Å². The van der Waals surface area contributed by atoms with E-state index in [0.29, 0.717) is 31.8 Å². The molecule has 0 saturated carbocycles. The number of hydrogen-bond donors (Lipinski definition) is 0. The fraction of sp³-hybridized carbons (Fsp3) is 0.786. The number of halogens is 2. The van der Waals surface area contributed by atoms with Crippen molar-refractivity contribution < 1.29 is 23.0 Å². The fourth-order valence-corrected chi connectivity index (χ4v) is 4.54. The van der Waals surface area contributed by atoms with Crippen LogP contribution < -0.4 is 0 Å². The van der Waals surface area contributed by atoms with Crippen LogP contribution in [0.25, 0.3) is 0 Å². The van der Waals surface area contributed by atoms with E-state index in [1.807, 2.05) is 20.8 Å². The minimum Gasteiger partial charge on any atom is -0.328 e. The molecule has 0 amide bonds. The van der Waals surface area contributed by atoms with E-state index in [-0.39, 0.29) is 5.92 Å². The topological polar surface area (TPSA) is 27.7 Å². The Hall–Kier alpha value is -1.04. The van der Waals surface area contributed by atoms with Crippen LogP contribution in [0.5, 0.6) is 0 Å². The van der Waals surface area contributed by atoms with Crippen molar-refractivity contribution in [3.8, 4) is 0 Å². The summed E-state index contributed by atoms with van der Waals surface area (Å²) in [5.74, 6) is -1.73. The molecule has 192 valence electrons. The average Bonchev–Trinajstić information content (AvgIpc) is 2.78. The highest BCUT2D eigenvalue weighted by molar-refractivity contribution is 5.18. The maximum atomic E-state index is 13.8. The normalized spacial score (nSPS) is 12.9. The predicted molar refractivity (Wildman–Crippen MR) is 132 cm³/mol. The molecule has 1 aromatic rings. The van der Waals surface area contributed by atoms with Gasteiger partial charge in [-0.25, -0.2) is 8.78 Å². The summed E-state index contributed by atoms with van der Waals surface area (Å²) < 4.78 is 45.2. The number of rotatable bonds is 21. The number of ether oxygens (including phenoxy) is 3. The summed E-state index contributed by atoms with van der Waals surface area (Å²) in [5, 5.41) is 0. The van der Waals surface area contributed by atoms with Gasteiger partial charge >= 0.3 is 0 Å². The van der Waals surface area contributed by atoms with Gasteiger partial charge < -0.3 is 14.2 Å². The minimum atomic E-state index is -0.959. The summed E-state index contributed by atoms with van der Waals surface area (Å²) in [7, 11) is 0. The van der Waals surface area contributed by atoms with Crippen molar-refractivity contribution in [1.29, 1.82) is 0 Å². The zero-order chi connectivity index (χ0) is 24.4. The molecular formula is C28H48F2O3. The average molecular weight is 471 g/mol. The van der Waals surface area contributed by atoms with E-state index in [0.717, 1.165) is 51.0 Å². The highest BCUT2D eigenvalue weighted by Crippen LogP contribution is 2.34. The van der Waals surface area contributed by atoms with E-state index in [9.17, 15) is 8.78 Å². The molecule has 33 heavy (non-hydrogen) atoms. The zero-order valence-corrected chi connectivity index (χ0v) is 21.6. The van der Waals surface area contributed by atoms with Crippen molar-refractivity contribution in [3.63, 3.8) is 0 Å². The Kier molecular flexibility index (Phi) is 16.6. The van der Waals surface area contributed by atoms with Crippen LogP contribution in [-0.2, 0) is 20.6 Å². The van der Waals surface area contributed by atoms with E-state index >= 15 is 0 Å². The smallest absolute Gasteiger partial charge is 0.285 e. The van der Waals surface area contributed by atoms with Gasteiger partial charge in [0.1, 0.15) is 11.6 Å². The molecule has 1 aromatic carbocycles. The molecule has 0 bridgehead atoms.